The molecule has 23 heavy (non-hydrogen) atoms. The first-order valence-corrected chi connectivity index (χ1v) is 6.99. The average molecular weight is 317 g/mol. The zero-order chi connectivity index (χ0) is 16.4. The molecule has 4 nitrogen and oxygen atoms in total. The Kier molecular flexibility index (Phi) is 3.97. The van der Waals surface area contributed by atoms with Gasteiger partial charge in [0.05, 0.1) is 6.61 Å². The number of aromatic nitrogens is 1. The molecule has 0 saturated heterocycles. The first kappa shape index (κ1) is 15.0. The van der Waals surface area contributed by atoms with E-state index in [0.29, 0.717) is 16.7 Å². The molecule has 0 spiro atoms. The van der Waals surface area contributed by atoms with Crippen molar-refractivity contribution in [3.05, 3.63) is 59.8 Å². The van der Waals surface area contributed by atoms with Crippen molar-refractivity contribution in [3.8, 4) is 11.5 Å². The lowest BCUT2D eigenvalue weighted by molar-refractivity contribution is 0.0520. The summed E-state index contributed by atoms with van der Waals surface area (Å²) in [7, 11) is 0. The summed E-state index contributed by atoms with van der Waals surface area (Å²) in [6.07, 6.45) is 0. The van der Waals surface area contributed by atoms with Crippen LogP contribution in [0.1, 0.15) is 17.4 Å². The van der Waals surface area contributed by atoms with Crippen LogP contribution >= 0.6 is 0 Å². The molecule has 0 atom stereocenters. The lowest BCUT2D eigenvalue weighted by Crippen LogP contribution is -2.04. The SMILES string of the molecule is CCOC(=O)c1cc2cc(Oc3ccc(F)cc3)c(F)cc2[nH]1. The third-order valence-electron chi connectivity index (χ3n) is 3.21. The Morgan fingerprint density at radius 3 is 2.57 bits per heavy atom. The van der Waals surface area contributed by atoms with Crippen LogP contribution in [0.15, 0.2) is 42.5 Å². The topological polar surface area (TPSA) is 51.3 Å². The number of hydrogen-bond acceptors (Lipinski definition) is 3. The van der Waals surface area contributed by atoms with Crippen molar-refractivity contribution in [1.29, 1.82) is 0 Å². The van der Waals surface area contributed by atoms with Crippen LogP contribution in [0.25, 0.3) is 10.9 Å². The van der Waals surface area contributed by atoms with Gasteiger partial charge >= 0.3 is 5.97 Å². The van der Waals surface area contributed by atoms with Gasteiger partial charge in [0.2, 0.25) is 0 Å². The molecule has 6 heteroatoms. The summed E-state index contributed by atoms with van der Waals surface area (Å²) in [6, 6.07) is 9.51. The van der Waals surface area contributed by atoms with Gasteiger partial charge in [-0.2, -0.15) is 0 Å². The lowest BCUT2D eigenvalue weighted by atomic mass is 10.2. The highest BCUT2D eigenvalue weighted by Gasteiger charge is 2.14. The molecule has 0 amide bonds. The molecule has 118 valence electrons. The molecule has 0 aliphatic rings. The van der Waals surface area contributed by atoms with E-state index in [-0.39, 0.29) is 18.1 Å². The normalized spacial score (nSPS) is 10.7. The predicted octanol–water partition coefficient (Wildman–Crippen LogP) is 4.42. The number of carbonyl (C=O) groups excluding carboxylic acids is 1. The van der Waals surface area contributed by atoms with E-state index in [1.54, 1.807) is 13.0 Å². The number of aromatic amines is 1. The van der Waals surface area contributed by atoms with Crippen LogP contribution in [0.3, 0.4) is 0 Å². The van der Waals surface area contributed by atoms with Gasteiger partial charge in [-0.1, -0.05) is 0 Å². The van der Waals surface area contributed by atoms with Crippen LogP contribution in [0.2, 0.25) is 0 Å². The quantitative estimate of drug-likeness (QED) is 0.725. The number of ether oxygens (including phenoxy) is 2. The third-order valence-corrected chi connectivity index (χ3v) is 3.21. The van der Waals surface area contributed by atoms with E-state index in [2.05, 4.69) is 4.98 Å². The van der Waals surface area contributed by atoms with Crippen LogP contribution < -0.4 is 4.74 Å². The smallest absolute Gasteiger partial charge is 0.354 e. The fraction of sp³-hybridized carbons (Fsp3) is 0.118. The molecule has 0 aliphatic carbocycles. The van der Waals surface area contributed by atoms with E-state index in [0.717, 1.165) is 0 Å². The van der Waals surface area contributed by atoms with E-state index >= 15 is 0 Å². The standard InChI is InChI=1S/C17H13F2NO3/c1-2-22-17(21)15-7-10-8-16(13(19)9-14(10)20-15)23-12-5-3-11(18)4-6-12/h3-9,20H,2H2,1H3. The number of nitrogens with one attached hydrogen (secondary N) is 1. The van der Waals surface area contributed by atoms with Gasteiger partial charge in [-0.25, -0.2) is 13.6 Å². The second-order valence-corrected chi connectivity index (χ2v) is 4.83. The number of rotatable bonds is 4. The van der Waals surface area contributed by atoms with Crippen LogP contribution in [0, 0.1) is 11.6 Å². The number of hydrogen-bond donors (Lipinski definition) is 1. The summed E-state index contributed by atoms with van der Waals surface area (Å²) in [5, 5.41) is 0.603. The van der Waals surface area contributed by atoms with Gasteiger partial charge < -0.3 is 14.5 Å². The van der Waals surface area contributed by atoms with Crippen molar-refractivity contribution < 1.29 is 23.0 Å². The Balaban J connectivity index is 1.93. The molecule has 2 aromatic carbocycles. The summed E-state index contributed by atoms with van der Waals surface area (Å²) < 4.78 is 37.3. The summed E-state index contributed by atoms with van der Waals surface area (Å²) in [4.78, 5) is 14.5. The van der Waals surface area contributed by atoms with Gasteiger partial charge in [0, 0.05) is 17.0 Å². The van der Waals surface area contributed by atoms with Crippen molar-refractivity contribution in [2.24, 2.45) is 0 Å². The van der Waals surface area contributed by atoms with Crippen LogP contribution in [0.4, 0.5) is 8.78 Å². The minimum absolute atomic E-state index is 0.0153. The Bertz CT molecular complexity index is 856. The van der Waals surface area contributed by atoms with E-state index in [9.17, 15) is 13.6 Å². The number of H-pyrrole nitrogens is 1. The van der Waals surface area contributed by atoms with Crippen molar-refractivity contribution in [1.82, 2.24) is 4.98 Å². The van der Waals surface area contributed by atoms with Crippen LogP contribution in [-0.4, -0.2) is 17.6 Å². The molecular formula is C17H13F2NO3. The van der Waals surface area contributed by atoms with Crippen LogP contribution in [0.5, 0.6) is 11.5 Å². The summed E-state index contributed by atoms with van der Waals surface area (Å²) >= 11 is 0. The first-order valence-electron chi connectivity index (χ1n) is 6.99. The molecule has 0 radical (unpaired) electrons. The van der Waals surface area contributed by atoms with Crippen molar-refractivity contribution in [2.45, 2.75) is 6.92 Å². The molecule has 1 heterocycles. The number of carbonyl (C=O) groups is 1. The average Bonchev–Trinajstić information content (AvgIpc) is 2.93. The van der Waals surface area contributed by atoms with Crippen LogP contribution in [-0.2, 0) is 4.74 Å². The lowest BCUT2D eigenvalue weighted by Gasteiger charge is -2.06. The maximum absolute atomic E-state index is 14.1. The highest BCUT2D eigenvalue weighted by Crippen LogP contribution is 2.29. The second kappa shape index (κ2) is 6.08. The fourth-order valence-corrected chi connectivity index (χ4v) is 2.16. The largest absolute Gasteiger partial charge is 0.461 e. The zero-order valence-electron chi connectivity index (χ0n) is 12.2. The Labute approximate surface area is 130 Å². The van der Waals surface area contributed by atoms with Gasteiger partial charge in [-0.05, 0) is 43.3 Å². The molecule has 3 aromatic rings. The van der Waals surface area contributed by atoms with E-state index in [4.69, 9.17) is 9.47 Å². The maximum atomic E-state index is 14.1. The van der Waals surface area contributed by atoms with Gasteiger partial charge in [0.15, 0.2) is 11.6 Å². The molecule has 1 aromatic heterocycles. The number of benzene rings is 2. The van der Waals surface area contributed by atoms with E-state index in [1.807, 2.05) is 0 Å². The highest BCUT2D eigenvalue weighted by molar-refractivity contribution is 5.95. The minimum atomic E-state index is -0.598. The summed E-state index contributed by atoms with van der Waals surface area (Å²) in [5.74, 6) is -1.22. The summed E-state index contributed by atoms with van der Waals surface area (Å²) in [6.45, 7) is 1.95. The monoisotopic (exact) mass is 317 g/mol. The molecule has 0 unspecified atom stereocenters. The number of esters is 1. The minimum Gasteiger partial charge on any atom is -0.461 e. The fourth-order valence-electron chi connectivity index (χ4n) is 2.16. The second-order valence-electron chi connectivity index (χ2n) is 4.83. The Hall–Kier alpha value is -2.89. The van der Waals surface area contributed by atoms with Gasteiger partial charge in [-0.15, -0.1) is 0 Å². The van der Waals surface area contributed by atoms with Crippen molar-refractivity contribution in [3.63, 3.8) is 0 Å². The molecule has 0 bridgehead atoms. The Morgan fingerprint density at radius 2 is 1.87 bits per heavy atom. The number of halogens is 2. The molecule has 0 aliphatic heterocycles. The molecule has 0 saturated carbocycles. The first-order chi connectivity index (χ1) is 11.1. The van der Waals surface area contributed by atoms with Crippen molar-refractivity contribution in [2.75, 3.05) is 6.61 Å². The molecular weight excluding hydrogens is 304 g/mol. The maximum Gasteiger partial charge on any atom is 0.354 e. The molecule has 0 fully saturated rings. The zero-order valence-corrected chi connectivity index (χ0v) is 12.2. The van der Waals surface area contributed by atoms with Gasteiger partial charge in [0.25, 0.3) is 0 Å². The van der Waals surface area contributed by atoms with E-state index < -0.39 is 17.6 Å². The third kappa shape index (κ3) is 3.15. The van der Waals surface area contributed by atoms with Crippen molar-refractivity contribution >= 4 is 16.9 Å². The molecule has 1 N–H and O–H groups in total. The highest BCUT2D eigenvalue weighted by atomic mass is 19.1. The molecule has 3 rings (SSSR count). The summed E-state index contributed by atoms with van der Waals surface area (Å²) in [5.41, 5.74) is 0.692. The predicted molar refractivity (Wildman–Crippen MR) is 80.7 cm³/mol. The number of fused-ring (bicyclic) bond motifs is 1. The van der Waals surface area contributed by atoms with E-state index in [1.165, 1.54) is 36.4 Å². The van der Waals surface area contributed by atoms with Gasteiger partial charge in [0.1, 0.15) is 17.3 Å². The Morgan fingerprint density at radius 1 is 1.13 bits per heavy atom. The van der Waals surface area contributed by atoms with Gasteiger partial charge in [-0.3, -0.25) is 0 Å².